The van der Waals surface area contributed by atoms with Crippen LogP contribution in [0.25, 0.3) is 0 Å². The van der Waals surface area contributed by atoms with Crippen LogP contribution in [-0.2, 0) is 14.3 Å². The fourth-order valence-electron chi connectivity index (χ4n) is 2.71. The van der Waals surface area contributed by atoms with Gasteiger partial charge >= 0.3 is 5.97 Å². The number of methoxy groups -OCH3 is 1. The number of hydrogen-bond donors (Lipinski definition) is 1. The third-order valence-corrected chi connectivity index (χ3v) is 4.31. The minimum absolute atomic E-state index is 0.216. The highest BCUT2D eigenvalue weighted by atomic mass is 16.5. The molecule has 0 bridgehead atoms. The van der Waals surface area contributed by atoms with Crippen molar-refractivity contribution in [3.8, 4) is 5.75 Å². The van der Waals surface area contributed by atoms with Crippen LogP contribution in [0.1, 0.15) is 70.2 Å². The van der Waals surface area contributed by atoms with Gasteiger partial charge in [0.15, 0.2) is 0 Å². The molecule has 0 aliphatic rings. The average molecular weight is 379 g/mol. The maximum atomic E-state index is 12.9. The second kappa shape index (κ2) is 11.6. The van der Waals surface area contributed by atoms with E-state index in [9.17, 15) is 9.59 Å². The first-order valence-corrected chi connectivity index (χ1v) is 9.72. The minimum Gasteiger partial charge on any atom is -0.493 e. The van der Waals surface area contributed by atoms with Gasteiger partial charge in [0.05, 0.1) is 13.7 Å². The van der Waals surface area contributed by atoms with E-state index in [1.165, 1.54) is 7.11 Å². The van der Waals surface area contributed by atoms with Crippen molar-refractivity contribution in [2.24, 2.45) is 0 Å². The molecule has 1 aromatic carbocycles. The largest absolute Gasteiger partial charge is 0.493 e. The van der Waals surface area contributed by atoms with Crippen LogP contribution in [0.3, 0.4) is 0 Å². The fourth-order valence-corrected chi connectivity index (χ4v) is 2.71. The summed E-state index contributed by atoms with van der Waals surface area (Å²) in [7, 11) is 1.31. The summed E-state index contributed by atoms with van der Waals surface area (Å²) in [6.07, 6.45) is 4.53. The number of amides is 1. The van der Waals surface area contributed by atoms with E-state index in [4.69, 9.17) is 14.2 Å². The van der Waals surface area contributed by atoms with E-state index in [1.54, 1.807) is 18.2 Å². The van der Waals surface area contributed by atoms with Crippen molar-refractivity contribution in [1.82, 2.24) is 0 Å². The van der Waals surface area contributed by atoms with E-state index in [-0.39, 0.29) is 11.5 Å². The molecule has 0 spiro atoms. The van der Waals surface area contributed by atoms with Gasteiger partial charge in [0.25, 0.3) is 5.91 Å². The molecule has 1 N–H and O–H groups in total. The number of unbranched alkanes of at least 4 members (excludes halogenated alkanes) is 2. The molecule has 0 fully saturated rings. The minimum atomic E-state index is -0.908. The van der Waals surface area contributed by atoms with Crippen molar-refractivity contribution in [2.45, 2.75) is 65.4 Å². The Morgan fingerprint density at radius 2 is 1.85 bits per heavy atom. The van der Waals surface area contributed by atoms with Gasteiger partial charge in [-0.15, -0.1) is 0 Å². The number of carbonyl (C=O) groups excluding carboxylic acids is 2. The number of anilines is 1. The number of hydrogen-bond acceptors (Lipinski definition) is 5. The van der Waals surface area contributed by atoms with E-state index < -0.39 is 11.6 Å². The molecule has 0 unspecified atom stereocenters. The summed E-state index contributed by atoms with van der Waals surface area (Å²) in [6.45, 7) is 8.74. The molecule has 0 aromatic heterocycles. The van der Waals surface area contributed by atoms with Crippen molar-refractivity contribution in [1.29, 1.82) is 0 Å². The summed E-state index contributed by atoms with van der Waals surface area (Å²) in [5, 5.41) is 2.88. The summed E-state index contributed by atoms with van der Waals surface area (Å²) in [5.41, 5.74) is -0.125. The maximum Gasteiger partial charge on any atom is 0.341 e. The lowest BCUT2D eigenvalue weighted by atomic mass is 9.96. The van der Waals surface area contributed by atoms with Gasteiger partial charge in [0, 0.05) is 12.3 Å². The highest BCUT2D eigenvalue weighted by Crippen LogP contribution is 2.26. The standard InChI is InChI=1S/C21H33NO5/c1-6-9-10-13-21(4,27-14-7-2)20(24)22-16-11-12-18(26-8-3)17(15-16)19(23)25-5/h11-12,15H,6-10,13-14H2,1-5H3,(H,22,24)/t21-/m1/s1. The van der Waals surface area contributed by atoms with Gasteiger partial charge in [0.1, 0.15) is 16.9 Å². The number of ether oxygens (including phenoxy) is 3. The second-order valence-corrected chi connectivity index (χ2v) is 6.63. The van der Waals surface area contributed by atoms with Gasteiger partial charge in [-0.2, -0.15) is 0 Å². The lowest BCUT2D eigenvalue weighted by Gasteiger charge is -2.29. The Bertz CT molecular complexity index is 617. The summed E-state index contributed by atoms with van der Waals surface area (Å²) in [4.78, 5) is 24.9. The smallest absolute Gasteiger partial charge is 0.341 e. The molecule has 1 atom stereocenters. The third kappa shape index (κ3) is 6.86. The topological polar surface area (TPSA) is 73.9 Å². The van der Waals surface area contributed by atoms with Gasteiger partial charge < -0.3 is 19.5 Å². The van der Waals surface area contributed by atoms with Crippen LogP contribution >= 0.6 is 0 Å². The Kier molecular flexibility index (Phi) is 9.86. The van der Waals surface area contributed by atoms with E-state index in [0.717, 1.165) is 25.7 Å². The van der Waals surface area contributed by atoms with Crippen LogP contribution in [-0.4, -0.2) is 37.8 Å². The molecule has 27 heavy (non-hydrogen) atoms. The first-order valence-electron chi connectivity index (χ1n) is 9.72. The summed E-state index contributed by atoms with van der Waals surface area (Å²) >= 11 is 0. The van der Waals surface area contributed by atoms with Crippen molar-refractivity contribution >= 4 is 17.6 Å². The number of rotatable bonds is 12. The Balaban J connectivity index is 3.00. The lowest BCUT2D eigenvalue weighted by Crippen LogP contribution is -2.43. The van der Waals surface area contributed by atoms with Crippen molar-refractivity contribution in [3.63, 3.8) is 0 Å². The molecule has 6 heteroatoms. The zero-order valence-electron chi connectivity index (χ0n) is 17.2. The molecule has 0 saturated heterocycles. The number of esters is 1. The maximum absolute atomic E-state index is 12.9. The molecule has 1 amide bonds. The van der Waals surface area contributed by atoms with Crippen LogP contribution in [0.4, 0.5) is 5.69 Å². The quantitative estimate of drug-likeness (QED) is 0.425. The van der Waals surface area contributed by atoms with Crippen molar-refractivity contribution < 1.29 is 23.8 Å². The predicted molar refractivity (Wildman–Crippen MR) is 106 cm³/mol. The summed E-state index contributed by atoms with van der Waals surface area (Å²) in [6, 6.07) is 4.94. The van der Waals surface area contributed by atoms with Crippen LogP contribution in [0, 0.1) is 0 Å². The summed E-state index contributed by atoms with van der Waals surface area (Å²) < 4.78 is 16.2. The zero-order chi connectivity index (χ0) is 20.3. The van der Waals surface area contributed by atoms with Crippen molar-refractivity contribution in [2.75, 3.05) is 25.6 Å². The third-order valence-electron chi connectivity index (χ3n) is 4.31. The molecule has 152 valence electrons. The number of benzene rings is 1. The van der Waals surface area contributed by atoms with Crippen LogP contribution in [0.2, 0.25) is 0 Å². The van der Waals surface area contributed by atoms with Crippen LogP contribution in [0.5, 0.6) is 5.75 Å². The highest BCUT2D eigenvalue weighted by Gasteiger charge is 2.33. The molecule has 0 radical (unpaired) electrons. The van der Waals surface area contributed by atoms with Gasteiger partial charge in [0.2, 0.25) is 0 Å². The Morgan fingerprint density at radius 3 is 2.44 bits per heavy atom. The molecule has 0 aliphatic heterocycles. The lowest BCUT2D eigenvalue weighted by molar-refractivity contribution is -0.140. The molecular formula is C21H33NO5. The van der Waals surface area contributed by atoms with E-state index >= 15 is 0 Å². The Morgan fingerprint density at radius 1 is 1.11 bits per heavy atom. The number of nitrogens with one attached hydrogen (secondary N) is 1. The predicted octanol–water partition coefficient (Wildman–Crippen LogP) is 4.58. The Hall–Kier alpha value is -2.08. The SMILES string of the molecule is CCCCC[C@@](C)(OCCC)C(=O)Nc1ccc(OCC)c(C(=O)OC)c1. The van der Waals surface area contributed by atoms with Gasteiger partial charge in [-0.05, 0) is 44.9 Å². The first-order chi connectivity index (χ1) is 12.9. The molecule has 0 saturated carbocycles. The van der Waals surface area contributed by atoms with Gasteiger partial charge in [-0.1, -0.05) is 33.1 Å². The molecule has 0 aliphatic carbocycles. The normalized spacial score (nSPS) is 12.9. The molecular weight excluding hydrogens is 346 g/mol. The van der Waals surface area contributed by atoms with E-state index in [2.05, 4.69) is 12.2 Å². The van der Waals surface area contributed by atoms with E-state index in [1.807, 2.05) is 20.8 Å². The molecule has 6 nitrogen and oxygen atoms in total. The first kappa shape index (κ1) is 23.0. The van der Waals surface area contributed by atoms with Crippen molar-refractivity contribution in [3.05, 3.63) is 23.8 Å². The zero-order valence-corrected chi connectivity index (χ0v) is 17.2. The monoisotopic (exact) mass is 379 g/mol. The van der Waals surface area contributed by atoms with Crippen LogP contribution in [0.15, 0.2) is 18.2 Å². The van der Waals surface area contributed by atoms with Gasteiger partial charge in [-0.3, -0.25) is 4.79 Å². The van der Waals surface area contributed by atoms with E-state index in [0.29, 0.717) is 31.1 Å². The molecule has 1 rings (SSSR count). The average Bonchev–Trinajstić information content (AvgIpc) is 2.67. The number of carbonyl (C=O) groups is 2. The van der Waals surface area contributed by atoms with Gasteiger partial charge in [-0.25, -0.2) is 4.79 Å². The van der Waals surface area contributed by atoms with Crippen LogP contribution < -0.4 is 10.1 Å². The highest BCUT2D eigenvalue weighted by molar-refractivity contribution is 5.99. The molecule has 0 heterocycles. The molecule has 1 aromatic rings. The summed E-state index contributed by atoms with van der Waals surface area (Å²) in [5.74, 6) is -0.301. The Labute approximate surface area is 162 Å². The fraction of sp³-hybridized carbons (Fsp3) is 0.619. The second-order valence-electron chi connectivity index (χ2n) is 6.63.